The van der Waals surface area contributed by atoms with Crippen molar-refractivity contribution in [3.8, 4) is 0 Å². The average molecular weight is 511 g/mol. The highest BCUT2D eigenvalue weighted by Crippen LogP contribution is 2.63. The van der Waals surface area contributed by atoms with Crippen LogP contribution >= 0.6 is 0 Å². The second-order valence-electron chi connectivity index (χ2n) is 12.9. The summed E-state index contributed by atoms with van der Waals surface area (Å²) in [5.41, 5.74) is 3.85. The molecule has 1 N–H and O–H groups in total. The first-order valence-corrected chi connectivity index (χ1v) is 14.8. The van der Waals surface area contributed by atoms with Crippen molar-refractivity contribution in [2.45, 2.75) is 71.1 Å². The van der Waals surface area contributed by atoms with Crippen molar-refractivity contribution in [1.29, 1.82) is 0 Å². The summed E-state index contributed by atoms with van der Waals surface area (Å²) in [6, 6.07) is 21.1. The molecule has 0 spiro atoms. The minimum absolute atomic E-state index is 0.0271. The van der Waals surface area contributed by atoms with Crippen LogP contribution in [0.1, 0.15) is 82.3 Å². The van der Waals surface area contributed by atoms with Gasteiger partial charge in [-0.1, -0.05) is 80.9 Å². The molecule has 0 aromatic heterocycles. The molecule has 4 heteroatoms. The van der Waals surface area contributed by atoms with Gasteiger partial charge in [0.05, 0.1) is 0 Å². The third kappa shape index (κ3) is 4.40. The molecule has 2 aromatic rings. The minimum atomic E-state index is -0.0886. The van der Waals surface area contributed by atoms with E-state index < -0.39 is 0 Å². The Bertz CT molecular complexity index is 1170. The molecule has 3 aliphatic carbocycles. The summed E-state index contributed by atoms with van der Waals surface area (Å²) in [4.78, 5) is 28.5. The van der Waals surface area contributed by atoms with Gasteiger partial charge in [-0.15, -0.1) is 0 Å². The van der Waals surface area contributed by atoms with Gasteiger partial charge in [-0.2, -0.15) is 0 Å². The van der Waals surface area contributed by atoms with Crippen LogP contribution < -0.4 is 5.32 Å². The van der Waals surface area contributed by atoms with Crippen molar-refractivity contribution in [2.75, 3.05) is 13.1 Å². The zero-order valence-corrected chi connectivity index (χ0v) is 23.0. The number of allylic oxidation sites excluding steroid dienone is 2. The van der Waals surface area contributed by atoms with Crippen molar-refractivity contribution in [3.05, 3.63) is 83.6 Å². The maximum atomic E-state index is 13.9. The van der Waals surface area contributed by atoms with E-state index in [-0.39, 0.29) is 23.1 Å². The summed E-state index contributed by atoms with van der Waals surface area (Å²) in [6.07, 6.45) is 10.6. The third-order valence-corrected chi connectivity index (χ3v) is 10.9. The molecule has 2 aromatic carbocycles. The number of likely N-dealkylation sites (tertiary alicyclic amines) is 1. The Morgan fingerprint density at radius 3 is 2.32 bits per heavy atom. The van der Waals surface area contributed by atoms with Crippen molar-refractivity contribution < 1.29 is 9.59 Å². The maximum absolute atomic E-state index is 13.9. The first kappa shape index (κ1) is 25.4. The molecule has 4 aliphatic rings. The Morgan fingerprint density at radius 2 is 1.63 bits per heavy atom. The highest BCUT2D eigenvalue weighted by molar-refractivity contribution is 5.92. The lowest BCUT2D eigenvalue weighted by Gasteiger charge is -2.59. The van der Waals surface area contributed by atoms with E-state index >= 15 is 0 Å². The number of urea groups is 1. The van der Waals surface area contributed by atoms with E-state index in [1.807, 2.05) is 23.1 Å². The zero-order chi connectivity index (χ0) is 26.3. The van der Waals surface area contributed by atoms with Crippen molar-refractivity contribution >= 4 is 11.8 Å². The van der Waals surface area contributed by atoms with E-state index in [1.165, 1.54) is 43.2 Å². The van der Waals surface area contributed by atoms with Crippen LogP contribution in [0.2, 0.25) is 0 Å². The lowest BCUT2D eigenvalue weighted by molar-refractivity contribution is -0.118. The van der Waals surface area contributed by atoms with Crippen LogP contribution in [0, 0.1) is 28.6 Å². The Hall–Kier alpha value is -2.88. The molecular formula is C34H42N2O2. The van der Waals surface area contributed by atoms with Gasteiger partial charge in [0.25, 0.3) is 0 Å². The fraction of sp³-hybridized carbons (Fsp3) is 0.529. The van der Waals surface area contributed by atoms with Gasteiger partial charge in [0, 0.05) is 42.6 Å². The first-order valence-electron chi connectivity index (χ1n) is 14.8. The molecule has 200 valence electrons. The summed E-state index contributed by atoms with van der Waals surface area (Å²) < 4.78 is 0. The summed E-state index contributed by atoms with van der Waals surface area (Å²) >= 11 is 0. The normalized spacial score (nSPS) is 32.3. The quantitative estimate of drug-likeness (QED) is 0.458. The molecule has 0 unspecified atom stereocenters. The van der Waals surface area contributed by atoms with E-state index in [4.69, 9.17) is 0 Å². The number of rotatable bonds is 5. The fourth-order valence-electron chi connectivity index (χ4n) is 8.81. The van der Waals surface area contributed by atoms with E-state index in [9.17, 15) is 9.59 Å². The molecule has 2 saturated carbocycles. The Balaban J connectivity index is 1.22. The predicted octanol–water partition coefficient (Wildman–Crippen LogP) is 7.32. The molecule has 3 fully saturated rings. The van der Waals surface area contributed by atoms with Crippen molar-refractivity contribution in [3.63, 3.8) is 0 Å². The Labute approximate surface area is 227 Å². The number of carbonyl (C=O) groups is 2. The highest BCUT2D eigenvalue weighted by Gasteiger charge is 2.58. The lowest BCUT2D eigenvalue weighted by Crippen LogP contribution is -2.59. The maximum Gasteiger partial charge on any atom is 0.321 e. The molecule has 0 radical (unpaired) electrons. The van der Waals surface area contributed by atoms with E-state index in [0.717, 1.165) is 25.1 Å². The van der Waals surface area contributed by atoms with Gasteiger partial charge in [-0.25, -0.2) is 4.79 Å². The predicted molar refractivity (Wildman–Crippen MR) is 152 cm³/mol. The number of piperidine rings is 1. The van der Waals surface area contributed by atoms with Crippen molar-refractivity contribution in [1.82, 2.24) is 10.2 Å². The number of carbonyl (C=O) groups excluding carboxylic acids is 2. The second kappa shape index (κ2) is 10.0. The van der Waals surface area contributed by atoms with Gasteiger partial charge in [0.2, 0.25) is 0 Å². The van der Waals surface area contributed by atoms with Crippen LogP contribution in [0.5, 0.6) is 0 Å². The zero-order valence-electron chi connectivity index (χ0n) is 23.0. The number of hydrogen-bond donors (Lipinski definition) is 1. The standard InChI is InChI=1S/C34H42N2O2/c1-33-18-9-14-29(33)28-23-36(31-22-26(37)15-20-34(31,2)30(28)16-19-33)32(38)35-21-17-27(24-10-5-3-6-11-24)25-12-7-4-8-13-25/h3-8,10-13,22,27-30H,9,14-21,23H2,1-2H3,(H,35,38)/t28-,29-,30-,33-,34+/m0/s1. The number of nitrogens with one attached hydrogen (secondary N) is 1. The van der Waals surface area contributed by atoms with E-state index in [1.54, 1.807) is 0 Å². The largest absolute Gasteiger partial charge is 0.338 e. The molecule has 5 atom stereocenters. The van der Waals surface area contributed by atoms with Crippen molar-refractivity contribution in [2.24, 2.45) is 28.6 Å². The van der Waals surface area contributed by atoms with Crippen LogP contribution in [-0.4, -0.2) is 29.8 Å². The molecule has 1 saturated heterocycles. The van der Waals surface area contributed by atoms with Gasteiger partial charge in [0.1, 0.15) is 0 Å². The number of amides is 2. The van der Waals surface area contributed by atoms with Crippen LogP contribution in [0.25, 0.3) is 0 Å². The summed E-state index contributed by atoms with van der Waals surface area (Å²) in [5.74, 6) is 2.18. The smallest absolute Gasteiger partial charge is 0.321 e. The summed E-state index contributed by atoms with van der Waals surface area (Å²) in [5, 5.41) is 3.29. The van der Waals surface area contributed by atoms with Crippen LogP contribution in [0.3, 0.4) is 0 Å². The highest BCUT2D eigenvalue weighted by atomic mass is 16.2. The topological polar surface area (TPSA) is 49.4 Å². The molecule has 6 rings (SSSR count). The monoisotopic (exact) mass is 510 g/mol. The number of fused-ring (bicyclic) bond motifs is 5. The average Bonchev–Trinajstić information content (AvgIpc) is 3.34. The van der Waals surface area contributed by atoms with Crippen LogP contribution in [-0.2, 0) is 4.79 Å². The molecule has 38 heavy (non-hydrogen) atoms. The molecule has 0 bridgehead atoms. The molecule has 1 heterocycles. The Morgan fingerprint density at radius 1 is 0.947 bits per heavy atom. The van der Waals surface area contributed by atoms with Crippen LogP contribution in [0.4, 0.5) is 4.79 Å². The second-order valence-corrected chi connectivity index (χ2v) is 12.9. The number of benzene rings is 2. The number of hydrogen-bond acceptors (Lipinski definition) is 2. The SMILES string of the molecule is C[C@@]12CCC[C@H]1[C@@H]1CN(C(=O)NCCC(c3ccccc3)c3ccccc3)C3=CC(=O)CC[C@]3(C)[C@H]1CC2. The van der Waals surface area contributed by atoms with Gasteiger partial charge in [-0.3, -0.25) is 9.69 Å². The van der Waals surface area contributed by atoms with Gasteiger partial charge >= 0.3 is 6.03 Å². The van der Waals surface area contributed by atoms with E-state index in [2.05, 4.69) is 67.7 Å². The summed E-state index contributed by atoms with van der Waals surface area (Å²) in [6.45, 7) is 6.20. The molecule has 2 amide bonds. The first-order chi connectivity index (χ1) is 18.4. The number of nitrogens with zero attached hydrogens (tertiary/aromatic N) is 1. The van der Waals surface area contributed by atoms with Gasteiger partial charge in [0.15, 0.2) is 5.78 Å². The van der Waals surface area contributed by atoms with E-state index in [0.29, 0.717) is 36.1 Å². The Kier molecular flexibility index (Phi) is 6.70. The molecule has 1 aliphatic heterocycles. The van der Waals surface area contributed by atoms with Crippen LogP contribution in [0.15, 0.2) is 72.4 Å². The van der Waals surface area contributed by atoms with Gasteiger partial charge in [-0.05, 0) is 72.8 Å². The lowest BCUT2D eigenvalue weighted by atomic mass is 9.50. The fourth-order valence-corrected chi connectivity index (χ4v) is 8.81. The molecule has 4 nitrogen and oxygen atoms in total. The van der Waals surface area contributed by atoms with Gasteiger partial charge < -0.3 is 5.32 Å². The molecular weight excluding hydrogens is 468 g/mol. The minimum Gasteiger partial charge on any atom is -0.338 e. The third-order valence-electron chi connectivity index (χ3n) is 10.9. The summed E-state index contributed by atoms with van der Waals surface area (Å²) in [7, 11) is 0. The number of ketones is 1.